The molecule has 4 heteroatoms. The van der Waals surface area contributed by atoms with Crippen molar-refractivity contribution < 1.29 is 0 Å². The Morgan fingerprint density at radius 1 is 1.19 bits per heavy atom. The number of hydrogen-bond donors (Lipinski definition) is 1. The summed E-state index contributed by atoms with van der Waals surface area (Å²) in [4.78, 5) is 3.85. The summed E-state index contributed by atoms with van der Waals surface area (Å²) in [6, 6.07) is 6.60. The summed E-state index contributed by atoms with van der Waals surface area (Å²) in [6.07, 6.45) is 0. The molecule has 0 atom stereocenters. The highest BCUT2D eigenvalue weighted by atomic mass is 79.9. The lowest BCUT2D eigenvalue weighted by atomic mass is 10.1. The van der Waals surface area contributed by atoms with Gasteiger partial charge in [0.05, 0.1) is 0 Å². The van der Waals surface area contributed by atoms with Gasteiger partial charge < -0.3 is 10.2 Å². The minimum Gasteiger partial charge on any atom is -0.308 e. The minimum absolute atomic E-state index is 0.149. The van der Waals surface area contributed by atoms with Crippen LogP contribution < -0.4 is 5.32 Å². The quantitative estimate of drug-likeness (QED) is 0.661. The van der Waals surface area contributed by atoms with Gasteiger partial charge in [0.15, 0.2) is 0 Å². The van der Waals surface area contributed by atoms with Crippen LogP contribution in [0.3, 0.4) is 0 Å². The molecule has 0 aliphatic carbocycles. The maximum Gasteiger partial charge on any atom is 0.0221 e. The largest absolute Gasteiger partial charge is 0.308 e. The standard InChI is InChI=1S/C17H29BrN2S/c1-6-20(7-2)10-11-21-16-12-15(18)9-8-14(16)13-19-17(3,4)5/h8-9,12,19H,6-7,10-11,13H2,1-5H3. The van der Waals surface area contributed by atoms with Gasteiger partial charge in [0.25, 0.3) is 0 Å². The van der Waals surface area contributed by atoms with Gasteiger partial charge in [-0.05, 0) is 51.6 Å². The molecule has 0 aliphatic rings. The van der Waals surface area contributed by atoms with Crippen LogP contribution in [0, 0.1) is 0 Å². The molecule has 0 radical (unpaired) electrons. The van der Waals surface area contributed by atoms with Gasteiger partial charge in [0.2, 0.25) is 0 Å². The number of nitrogens with zero attached hydrogens (tertiary/aromatic N) is 1. The molecule has 0 unspecified atom stereocenters. The summed E-state index contributed by atoms with van der Waals surface area (Å²) in [5.74, 6) is 1.14. The van der Waals surface area contributed by atoms with E-state index < -0.39 is 0 Å². The smallest absolute Gasteiger partial charge is 0.0221 e. The summed E-state index contributed by atoms with van der Waals surface area (Å²) < 4.78 is 1.16. The fourth-order valence-electron chi connectivity index (χ4n) is 1.99. The highest BCUT2D eigenvalue weighted by Crippen LogP contribution is 2.27. The van der Waals surface area contributed by atoms with Gasteiger partial charge in [-0.3, -0.25) is 0 Å². The second-order valence-electron chi connectivity index (χ2n) is 6.23. The van der Waals surface area contributed by atoms with Crippen LogP contribution in [0.5, 0.6) is 0 Å². The van der Waals surface area contributed by atoms with E-state index in [-0.39, 0.29) is 5.54 Å². The maximum atomic E-state index is 3.59. The molecule has 0 bridgehead atoms. The maximum absolute atomic E-state index is 3.59. The Kier molecular flexibility index (Phi) is 8.32. The molecule has 0 heterocycles. The number of rotatable bonds is 8. The Morgan fingerprint density at radius 3 is 2.43 bits per heavy atom. The Hall–Kier alpha value is -0.0300. The zero-order valence-electron chi connectivity index (χ0n) is 14.0. The second-order valence-corrected chi connectivity index (χ2v) is 8.28. The fourth-order valence-corrected chi connectivity index (χ4v) is 3.61. The van der Waals surface area contributed by atoms with Crippen molar-refractivity contribution in [2.75, 3.05) is 25.4 Å². The fraction of sp³-hybridized carbons (Fsp3) is 0.647. The van der Waals surface area contributed by atoms with Crippen molar-refractivity contribution in [3.63, 3.8) is 0 Å². The summed E-state index contributed by atoms with van der Waals surface area (Å²) in [5.41, 5.74) is 1.54. The third-order valence-corrected chi connectivity index (χ3v) is 4.97. The molecule has 1 aromatic carbocycles. The number of halogens is 1. The Morgan fingerprint density at radius 2 is 1.86 bits per heavy atom. The molecule has 0 saturated heterocycles. The van der Waals surface area contributed by atoms with Crippen molar-refractivity contribution >= 4 is 27.7 Å². The van der Waals surface area contributed by atoms with E-state index in [0.29, 0.717) is 0 Å². The average Bonchev–Trinajstić information content (AvgIpc) is 2.41. The van der Waals surface area contributed by atoms with Crippen LogP contribution >= 0.6 is 27.7 Å². The van der Waals surface area contributed by atoms with E-state index in [1.54, 1.807) is 0 Å². The Labute approximate surface area is 143 Å². The van der Waals surface area contributed by atoms with Gasteiger partial charge in [-0.2, -0.15) is 0 Å². The van der Waals surface area contributed by atoms with Gasteiger partial charge in [-0.25, -0.2) is 0 Å². The third kappa shape index (κ3) is 7.68. The monoisotopic (exact) mass is 372 g/mol. The zero-order valence-corrected chi connectivity index (χ0v) is 16.4. The first kappa shape index (κ1) is 19.0. The van der Waals surface area contributed by atoms with Crippen LogP contribution in [0.15, 0.2) is 27.6 Å². The predicted molar refractivity (Wildman–Crippen MR) is 99.2 cm³/mol. The zero-order chi connectivity index (χ0) is 15.9. The van der Waals surface area contributed by atoms with E-state index >= 15 is 0 Å². The number of nitrogens with one attached hydrogen (secondary N) is 1. The van der Waals surface area contributed by atoms with Crippen molar-refractivity contribution in [1.82, 2.24) is 10.2 Å². The molecule has 1 rings (SSSR count). The topological polar surface area (TPSA) is 15.3 Å². The van der Waals surface area contributed by atoms with E-state index in [0.717, 1.165) is 36.4 Å². The average molecular weight is 373 g/mol. The van der Waals surface area contributed by atoms with Gasteiger partial charge in [-0.1, -0.05) is 35.8 Å². The summed E-state index contributed by atoms with van der Waals surface area (Å²) >= 11 is 5.55. The Balaban J connectivity index is 2.64. The first-order chi connectivity index (χ1) is 9.85. The van der Waals surface area contributed by atoms with Gasteiger partial charge >= 0.3 is 0 Å². The number of hydrogen-bond acceptors (Lipinski definition) is 3. The minimum atomic E-state index is 0.149. The van der Waals surface area contributed by atoms with Crippen LogP contribution in [-0.2, 0) is 6.54 Å². The van der Waals surface area contributed by atoms with Crippen molar-refractivity contribution in [2.45, 2.75) is 51.6 Å². The van der Waals surface area contributed by atoms with E-state index in [1.165, 1.54) is 10.5 Å². The summed E-state index contributed by atoms with van der Waals surface area (Å²) in [5, 5.41) is 3.58. The molecule has 0 aliphatic heterocycles. The molecule has 21 heavy (non-hydrogen) atoms. The van der Waals surface area contributed by atoms with Gasteiger partial charge in [-0.15, -0.1) is 11.8 Å². The lowest BCUT2D eigenvalue weighted by molar-refractivity contribution is 0.324. The Bertz CT molecular complexity index is 425. The van der Waals surface area contributed by atoms with Crippen LogP contribution in [0.1, 0.15) is 40.2 Å². The molecule has 1 N–H and O–H groups in total. The lowest BCUT2D eigenvalue weighted by Crippen LogP contribution is -2.35. The van der Waals surface area contributed by atoms with Crippen molar-refractivity contribution in [2.24, 2.45) is 0 Å². The van der Waals surface area contributed by atoms with Gasteiger partial charge in [0, 0.05) is 33.7 Å². The van der Waals surface area contributed by atoms with E-state index in [4.69, 9.17) is 0 Å². The molecule has 0 amide bonds. The lowest BCUT2D eigenvalue weighted by Gasteiger charge is -2.22. The van der Waals surface area contributed by atoms with Crippen LogP contribution in [0.4, 0.5) is 0 Å². The second kappa shape index (κ2) is 9.19. The summed E-state index contributed by atoms with van der Waals surface area (Å²) in [7, 11) is 0. The number of thioether (sulfide) groups is 1. The molecule has 0 fully saturated rings. The van der Waals surface area contributed by atoms with Crippen LogP contribution in [0.25, 0.3) is 0 Å². The van der Waals surface area contributed by atoms with Crippen molar-refractivity contribution in [1.29, 1.82) is 0 Å². The molecule has 0 saturated carbocycles. The first-order valence-electron chi connectivity index (χ1n) is 7.74. The first-order valence-corrected chi connectivity index (χ1v) is 9.52. The molecular weight excluding hydrogens is 344 g/mol. The van der Waals surface area contributed by atoms with Crippen LogP contribution in [-0.4, -0.2) is 35.8 Å². The normalized spacial score (nSPS) is 12.1. The molecule has 2 nitrogen and oxygen atoms in total. The predicted octanol–water partition coefficient (Wildman–Crippen LogP) is 4.77. The van der Waals surface area contributed by atoms with E-state index in [1.807, 2.05) is 11.8 Å². The highest BCUT2D eigenvalue weighted by Gasteiger charge is 2.11. The van der Waals surface area contributed by atoms with Crippen molar-refractivity contribution in [3.05, 3.63) is 28.2 Å². The van der Waals surface area contributed by atoms with E-state index in [9.17, 15) is 0 Å². The molecule has 120 valence electrons. The molecular formula is C17H29BrN2S. The number of benzene rings is 1. The highest BCUT2D eigenvalue weighted by molar-refractivity contribution is 9.10. The molecule has 0 aromatic heterocycles. The summed E-state index contributed by atoms with van der Waals surface area (Å²) in [6.45, 7) is 15.4. The molecule has 0 spiro atoms. The SMILES string of the molecule is CCN(CC)CCSc1cc(Br)ccc1CNC(C)(C)C. The van der Waals surface area contributed by atoms with Gasteiger partial charge in [0.1, 0.15) is 0 Å². The van der Waals surface area contributed by atoms with Crippen molar-refractivity contribution in [3.8, 4) is 0 Å². The molecule has 1 aromatic rings. The third-order valence-electron chi connectivity index (χ3n) is 3.40. The van der Waals surface area contributed by atoms with E-state index in [2.05, 4.69) is 79.0 Å². The van der Waals surface area contributed by atoms with Crippen LogP contribution in [0.2, 0.25) is 0 Å².